The van der Waals surface area contributed by atoms with E-state index in [2.05, 4.69) is 9.71 Å². The van der Waals surface area contributed by atoms with Crippen LogP contribution in [0.5, 0.6) is 0 Å². The molecule has 98 valence electrons. The van der Waals surface area contributed by atoms with Crippen LogP contribution in [0.1, 0.15) is 6.42 Å². The second kappa shape index (κ2) is 4.92. The van der Waals surface area contributed by atoms with E-state index in [4.69, 9.17) is 10.2 Å². The predicted octanol–water partition coefficient (Wildman–Crippen LogP) is -0.252. The fraction of sp³-hybridized carbons (Fsp3) is 0.300. The summed E-state index contributed by atoms with van der Waals surface area (Å²) in [5.74, 6) is -0.615. The van der Waals surface area contributed by atoms with Crippen LogP contribution in [0.25, 0.3) is 11.1 Å². The van der Waals surface area contributed by atoms with E-state index in [1.807, 2.05) is 0 Å². The molecule has 0 aliphatic heterocycles. The molecule has 1 aromatic heterocycles. The molecule has 0 aliphatic carbocycles. The molecule has 7 nitrogen and oxygen atoms in total. The molecular weight excluding hydrogens is 258 g/mol. The van der Waals surface area contributed by atoms with Crippen molar-refractivity contribution >= 4 is 21.1 Å². The smallest absolute Gasteiger partial charge is 0.408 e. The van der Waals surface area contributed by atoms with Gasteiger partial charge in [-0.15, -0.1) is 0 Å². The number of hydrogen-bond donors (Lipinski definition) is 3. The highest BCUT2D eigenvalue weighted by atomic mass is 32.2. The molecule has 2 rings (SSSR count). The summed E-state index contributed by atoms with van der Waals surface area (Å²) in [6, 6.07) is 4.19. The third kappa shape index (κ3) is 2.61. The number of nitrogens with two attached hydrogens (primary N) is 1. The molecule has 0 aliphatic rings. The minimum atomic E-state index is -3.60. The first-order chi connectivity index (χ1) is 8.53. The lowest BCUT2D eigenvalue weighted by Gasteiger charge is -2.05. The summed E-state index contributed by atoms with van der Waals surface area (Å²) in [5, 5.41) is 0. The molecule has 0 bridgehead atoms. The number of fused-ring (bicyclic) bond motifs is 1. The van der Waals surface area contributed by atoms with Crippen molar-refractivity contribution in [3.8, 4) is 0 Å². The van der Waals surface area contributed by atoms with E-state index in [-0.39, 0.29) is 17.0 Å². The van der Waals surface area contributed by atoms with Gasteiger partial charge in [-0.05, 0) is 25.1 Å². The van der Waals surface area contributed by atoms with Crippen LogP contribution >= 0.6 is 0 Å². The van der Waals surface area contributed by atoms with Gasteiger partial charge in [0.1, 0.15) is 0 Å². The highest BCUT2D eigenvalue weighted by molar-refractivity contribution is 7.89. The van der Waals surface area contributed by atoms with Gasteiger partial charge in [-0.2, -0.15) is 0 Å². The monoisotopic (exact) mass is 271 g/mol. The fourth-order valence-electron chi connectivity index (χ4n) is 1.48. The number of benzene rings is 1. The number of H-pyrrole nitrogens is 1. The average Bonchev–Trinajstić information content (AvgIpc) is 2.68. The molecule has 4 N–H and O–H groups in total. The van der Waals surface area contributed by atoms with E-state index < -0.39 is 15.8 Å². The van der Waals surface area contributed by atoms with Gasteiger partial charge in [0.2, 0.25) is 10.0 Å². The third-order valence-electron chi connectivity index (χ3n) is 2.38. The minimum absolute atomic E-state index is 0.0507. The van der Waals surface area contributed by atoms with Crippen molar-refractivity contribution in [3.05, 3.63) is 28.7 Å². The summed E-state index contributed by atoms with van der Waals surface area (Å²) in [7, 11) is -3.60. The molecule has 0 atom stereocenters. The van der Waals surface area contributed by atoms with Gasteiger partial charge in [0.15, 0.2) is 5.58 Å². The number of aromatic amines is 1. The van der Waals surface area contributed by atoms with Gasteiger partial charge in [-0.1, -0.05) is 0 Å². The topological polar surface area (TPSA) is 118 Å². The summed E-state index contributed by atoms with van der Waals surface area (Å²) in [6.45, 7) is 0.683. The van der Waals surface area contributed by atoms with E-state index >= 15 is 0 Å². The lowest BCUT2D eigenvalue weighted by molar-refractivity contribution is 0.553. The summed E-state index contributed by atoms with van der Waals surface area (Å²) in [6.07, 6.45) is 0.556. The molecule has 2 aromatic rings. The van der Waals surface area contributed by atoms with Crippen molar-refractivity contribution in [2.45, 2.75) is 11.3 Å². The maximum absolute atomic E-state index is 11.9. The van der Waals surface area contributed by atoms with E-state index in [0.29, 0.717) is 18.5 Å². The van der Waals surface area contributed by atoms with Crippen molar-refractivity contribution in [1.82, 2.24) is 9.71 Å². The third-order valence-corrected chi connectivity index (χ3v) is 3.83. The van der Waals surface area contributed by atoms with Crippen LogP contribution in [0.2, 0.25) is 0 Å². The van der Waals surface area contributed by atoms with E-state index in [1.165, 1.54) is 18.2 Å². The van der Waals surface area contributed by atoms with Crippen LogP contribution in [-0.4, -0.2) is 26.5 Å². The first kappa shape index (κ1) is 12.8. The molecule has 1 heterocycles. The predicted molar refractivity (Wildman–Crippen MR) is 65.7 cm³/mol. The first-order valence-electron chi connectivity index (χ1n) is 5.35. The Hall–Kier alpha value is -1.64. The van der Waals surface area contributed by atoms with Gasteiger partial charge in [0.05, 0.1) is 10.4 Å². The van der Waals surface area contributed by atoms with Crippen molar-refractivity contribution in [2.75, 3.05) is 13.1 Å². The number of sulfonamides is 1. The standard InChI is InChI=1S/C10H13N3O4S/c11-4-1-5-12-18(15,16)7-2-3-8-9(6-7)17-10(14)13-8/h2-3,6,12H,1,4-5,11H2,(H,13,14). The Morgan fingerprint density at radius 2 is 2.17 bits per heavy atom. The quantitative estimate of drug-likeness (QED) is 0.648. The van der Waals surface area contributed by atoms with Gasteiger partial charge in [-0.25, -0.2) is 17.9 Å². The van der Waals surface area contributed by atoms with Crippen molar-refractivity contribution in [3.63, 3.8) is 0 Å². The van der Waals surface area contributed by atoms with Crippen molar-refractivity contribution in [1.29, 1.82) is 0 Å². The zero-order valence-corrected chi connectivity index (χ0v) is 10.3. The maximum Gasteiger partial charge on any atom is 0.417 e. The Balaban J connectivity index is 2.32. The van der Waals surface area contributed by atoms with Crippen LogP contribution in [0.4, 0.5) is 0 Å². The van der Waals surface area contributed by atoms with E-state index in [9.17, 15) is 13.2 Å². The summed E-state index contributed by atoms with van der Waals surface area (Å²) < 4.78 is 31.0. The number of hydrogen-bond acceptors (Lipinski definition) is 5. The number of oxazole rings is 1. The minimum Gasteiger partial charge on any atom is -0.408 e. The molecule has 1 aromatic carbocycles. The summed E-state index contributed by atoms with van der Waals surface area (Å²) in [4.78, 5) is 13.4. The molecule has 0 unspecified atom stereocenters. The summed E-state index contributed by atoms with van der Waals surface area (Å²) >= 11 is 0. The Kier molecular flexibility index (Phi) is 3.50. The fourth-order valence-corrected chi connectivity index (χ4v) is 2.57. The zero-order valence-electron chi connectivity index (χ0n) is 9.47. The van der Waals surface area contributed by atoms with Crippen LogP contribution < -0.4 is 16.2 Å². The highest BCUT2D eigenvalue weighted by Crippen LogP contribution is 2.16. The van der Waals surface area contributed by atoms with E-state index in [1.54, 1.807) is 0 Å². The molecule has 0 saturated carbocycles. The zero-order chi connectivity index (χ0) is 13.2. The highest BCUT2D eigenvalue weighted by Gasteiger charge is 2.14. The van der Waals surface area contributed by atoms with Gasteiger partial charge < -0.3 is 10.2 Å². The Morgan fingerprint density at radius 3 is 2.89 bits per heavy atom. The Bertz CT molecular complexity index is 701. The number of aromatic nitrogens is 1. The average molecular weight is 271 g/mol. The Morgan fingerprint density at radius 1 is 1.39 bits per heavy atom. The Labute approximate surface area is 103 Å². The second-order valence-corrected chi connectivity index (χ2v) is 5.48. The summed E-state index contributed by atoms with van der Waals surface area (Å²) in [5.41, 5.74) is 5.95. The van der Waals surface area contributed by atoms with E-state index in [0.717, 1.165) is 0 Å². The van der Waals surface area contributed by atoms with Gasteiger partial charge in [0.25, 0.3) is 0 Å². The molecule has 18 heavy (non-hydrogen) atoms. The molecule has 0 amide bonds. The number of rotatable bonds is 5. The van der Waals surface area contributed by atoms with Gasteiger partial charge >= 0.3 is 5.76 Å². The van der Waals surface area contributed by atoms with Gasteiger partial charge in [0, 0.05) is 12.6 Å². The van der Waals surface area contributed by atoms with Gasteiger partial charge in [-0.3, -0.25) is 4.98 Å². The lowest BCUT2D eigenvalue weighted by Crippen LogP contribution is -2.26. The largest absolute Gasteiger partial charge is 0.417 e. The van der Waals surface area contributed by atoms with Crippen LogP contribution in [0.3, 0.4) is 0 Å². The molecular formula is C10H13N3O4S. The SMILES string of the molecule is NCCCNS(=O)(=O)c1ccc2[nH]c(=O)oc2c1. The van der Waals surface area contributed by atoms with Crippen LogP contribution in [0, 0.1) is 0 Å². The van der Waals surface area contributed by atoms with Crippen LogP contribution in [0.15, 0.2) is 32.3 Å². The lowest BCUT2D eigenvalue weighted by atomic mass is 10.3. The molecule has 8 heteroatoms. The van der Waals surface area contributed by atoms with Crippen LogP contribution in [-0.2, 0) is 10.0 Å². The van der Waals surface area contributed by atoms with Crippen molar-refractivity contribution in [2.24, 2.45) is 5.73 Å². The molecule has 0 spiro atoms. The number of nitrogens with one attached hydrogen (secondary N) is 2. The maximum atomic E-state index is 11.9. The first-order valence-corrected chi connectivity index (χ1v) is 6.84. The molecule has 0 saturated heterocycles. The second-order valence-electron chi connectivity index (χ2n) is 3.71. The molecule has 0 radical (unpaired) electrons. The van der Waals surface area contributed by atoms with Crippen molar-refractivity contribution < 1.29 is 12.8 Å². The normalized spacial score (nSPS) is 12.1. The molecule has 0 fully saturated rings.